The van der Waals surface area contributed by atoms with E-state index in [2.05, 4.69) is 0 Å². The lowest BCUT2D eigenvalue weighted by Crippen LogP contribution is -2.11. The van der Waals surface area contributed by atoms with Gasteiger partial charge in [-0.05, 0) is 24.1 Å². The van der Waals surface area contributed by atoms with E-state index in [1.54, 1.807) is 19.1 Å². The van der Waals surface area contributed by atoms with Crippen molar-refractivity contribution < 1.29 is 22.8 Å². The van der Waals surface area contributed by atoms with Gasteiger partial charge in [-0.3, -0.25) is 4.55 Å². The third kappa shape index (κ3) is 3.18. The summed E-state index contributed by atoms with van der Waals surface area (Å²) in [6, 6.07) is 4.68. The summed E-state index contributed by atoms with van der Waals surface area (Å²) in [4.78, 5) is 0. The third-order valence-corrected chi connectivity index (χ3v) is 3.90. The average Bonchev–Trinajstić information content (AvgIpc) is 2.27. The van der Waals surface area contributed by atoms with Gasteiger partial charge in [0.25, 0.3) is 10.1 Å². The van der Waals surface area contributed by atoms with Crippen LogP contribution >= 0.6 is 0 Å². The molecule has 0 saturated carbocycles. The van der Waals surface area contributed by atoms with E-state index in [0.717, 1.165) is 0 Å². The summed E-state index contributed by atoms with van der Waals surface area (Å²) < 4.78 is 36.5. The minimum Gasteiger partial charge on any atom is -0.496 e. The molecule has 1 unspecified atom stereocenters. The highest BCUT2D eigenvalue weighted by Gasteiger charge is 2.23. The average molecular weight is 260 g/mol. The molecule has 1 aromatic carbocycles. The maximum Gasteiger partial charge on any atom is 0.271 e. The second-order valence-corrected chi connectivity index (χ2v) is 5.24. The largest absolute Gasteiger partial charge is 0.496 e. The predicted octanol–water partition coefficient (Wildman–Crippen LogP) is 1.53. The van der Waals surface area contributed by atoms with Crippen LogP contribution in [0.3, 0.4) is 0 Å². The molecule has 0 bridgehead atoms. The van der Waals surface area contributed by atoms with Gasteiger partial charge in [0.1, 0.15) is 11.0 Å². The van der Waals surface area contributed by atoms with Crippen LogP contribution in [0.2, 0.25) is 0 Å². The minimum atomic E-state index is -4.14. The van der Waals surface area contributed by atoms with Gasteiger partial charge in [0.2, 0.25) is 0 Å². The molecule has 0 amide bonds. The maximum absolute atomic E-state index is 11.2. The highest BCUT2D eigenvalue weighted by Crippen LogP contribution is 2.29. The lowest BCUT2D eigenvalue weighted by Gasteiger charge is -2.14. The zero-order valence-corrected chi connectivity index (χ0v) is 10.6. The molecule has 0 aliphatic rings. The Hall–Kier alpha value is -1.11. The van der Waals surface area contributed by atoms with Gasteiger partial charge in [0.05, 0.1) is 13.7 Å². The number of methoxy groups -OCH3 is 1. The van der Waals surface area contributed by atoms with Crippen LogP contribution in [0.4, 0.5) is 0 Å². The van der Waals surface area contributed by atoms with E-state index < -0.39 is 15.4 Å². The topological polar surface area (TPSA) is 83.8 Å². The Morgan fingerprint density at radius 2 is 2.06 bits per heavy atom. The van der Waals surface area contributed by atoms with Gasteiger partial charge in [0, 0.05) is 5.56 Å². The first kappa shape index (κ1) is 14.0. The molecule has 0 heterocycles. The van der Waals surface area contributed by atoms with Crippen molar-refractivity contribution in [1.29, 1.82) is 0 Å². The van der Waals surface area contributed by atoms with E-state index in [9.17, 15) is 8.42 Å². The lowest BCUT2D eigenvalue weighted by molar-refractivity contribution is 0.273. The van der Waals surface area contributed by atoms with Crippen LogP contribution in [0.1, 0.15) is 29.7 Å². The van der Waals surface area contributed by atoms with Crippen molar-refractivity contribution in [3.05, 3.63) is 29.3 Å². The Morgan fingerprint density at radius 3 is 2.47 bits per heavy atom. The molecule has 1 atom stereocenters. The molecule has 0 saturated heterocycles. The van der Waals surface area contributed by atoms with Crippen LogP contribution in [0.25, 0.3) is 0 Å². The molecule has 5 nitrogen and oxygen atoms in total. The van der Waals surface area contributed by atoms with Crippen molar-refractivity contribution in [2.24, 2.45) is 0 Å². The smallest absolute Gasteiger partial charge is 0.271 e. The van der Waals surface area contributed by atoms with Crippen molar-refractivity contribution in [3.8, 4) is 5.75 Å². The molecule has 0 radical (unpaired) electrons. The Morgan fingerprint density at radius 1 is 1.41 bits per heavy atom. The first-order valence-corrected chi connectivity index (χ1v) is 6.68. The fourth-order valence-corrected chi connectivity index (χ4v) is 2.65. The van der Waals surface area contributed by atoms with Crippen molar-refractivity contribution in [2.45, 2.75) is 25.2 Å². The van der Waals surface area contributed by atoms with Crippen molar-refractivity contribution >= 4 is 10.1 Å². The van der Waals surface area contributed by atoms with Gasteiger partial charge < -0.3 is 9.84 Å². The molecular formula is C11H16O5S. The molecule has 2 N–H and O–H groups in total. The van der Waals surface area contributed by atoms with E-state index >= 15 is 0 Å². The fraction of sp³-hybridized carbons (Fsp3) is 0.455. The van der Waals surface area contributed by atoms with E-state index in [0.29, 0.717) is 16.9 Å². The fourth-order valence-electron chi connectivity index (χ4n) is 1.74. The monoisotopic (exact) mass is 260 g/mol. The molecule has 0 fully saturated rings. The number of rotatable bonds is 5. The molecule has 0 aliphatic carbocycles. The Kier molecular flexibility index (Phi) is 4.50. The van der Waals surface area contributed by atoms with Crippen LogP contribution in [-0.2, 0) is 16.7 Å². The first-order valence-electron chi connectivity index (χ1n) is 5.18. The van der Waals surface area contributed by atoms with E-state index in [1.165, 1.54) is 13.2 Å². The number of hydrogen-bond donors (Lipinski definition) is 2. The molecule has 0 aliphatic heterocycles. The third-order valence-electron chi connectivity index (χ3n) is 2.58. The molecule has 0 spiro atoms. The molecule has 6 heteroatoms. The number of aliphatic hydroxyl groups excluding tert-OH is 1. The summed E-state index contributed by atoms with van der Waals surface area (Å²) in [7, 11) is -2.67. The molecular weight excluding hydrogens is 244 g/mol. The van der Waals surface area contributed by atoms with Crippen molar-refractivity contribution in [3.63, 3.8) is 0 Å². The zero-order valence-electron chi connectivity index (χ0n) is 9.75. The Bertz CT molecular complexity index is 481. The van der Waals surface area contributed by atoms with E-state index in [4.69, 9.17) is 14.4 Å². The van der Waals surface area contributed by atoms with E-state index in [1.807, 2.05) is 0 Å². The van der Waals surface area contributed by atoms with Crippen LogP contribution in [0.15, 0.2) is 18.2 Å². The number of hydrogen-bond acceptors (Lipinski definition) is 4. The van der Waals surface area contributed by atoms with Crippen LogP contribution in [0.5, 0.6) is 5.75 Å². The van der Waals surface area contributed by atoms with Crippen molar-refractivity contribution in [2.75, 3.05) is 7.11 Å². The summed E-state index contributed by atoms with van der Waals surface area (Å²) in [5.74, 6) is 0.487. The second-order valence-electron chi connectivity index (χ2n) is 3.64. The summed E-state index contributed by atoms with van der Waals surface area (Å²) in [6.45, 7) is 1.42. The molecule has 17 heavy (non-hydrogen) atoms. The normalized spacial score (nSPS) is 13.4. The Balaban J connectivity index is 3.23. The highest BCUT2D eigenvalue weighted by molar-refractivity contribution is 7.86. The van der Waals surface area contributed by atoms with Crippen LogP contribution in [0, 0.1) is 0 Å². The summed E-state index contributed by atoms with van der Waals surface area (Å²) in [5.41, 5.74) is 0.937. The molecule has 1 rings (SSSR count). The number of ether oxygens (including phenoxy) is 1. The van der Waals surface area contributed by atoms with Gasteiger partial charge in [-0.1, -0.05) is 13.0 Å². The van der Waals surface area contributed by atoms with Gasteiger partial charge >= 0.3 is 0 Å². The van der Waals surface area contributed by atoms with Gasteiger partial charge in [-0.15, -0.1) is 0 Å². The highest BCUT2D eigenvalue weighted by atomic mass is 32.2. The van der Waals surface area contributed by atoms with Gasteiger partial charge in [-0.2, -0.15) is 8.42 Å². The minimum absolute atomic E-state index is 0.251. The maximum atomic E-state index is 11.2. The molecule has 96 valence electrons. The Labute approximate surface area is 101 Å². The number of aliphatic hydroxyl groups is 1. The summed E-state index contributed by atoms with van der Waals surface area (Å²) in [5, 5.41) is 8.17. The molecule has 0 aromatic heterocycles. The molecule has 1 aromatic rings. The standard InChI is InChI=1S/C11H16O5S/c1-3-11(17(13,14)15)8-4-5-10(16-2)9(6-8)7-12/h4-6,11-12H,3,7H2,1-2H3,(H,13,14,15). The number of benzene rings is 1. The predicted molar refractivity (Wildman–Crippen MR) is 63.5 cm³/mol. The zero-order chi connectivity index (χ0) is 13.1. The quantitative estimate of drug-likeness (QED) is 0.784. The summed E-state index contributed by atoms with van der Waals surface area (Å²) in [6.07, 6.45) is 0.260. The van der Waals surface area contributed by atoms with E-state index in [-0.39, 0.29) is 13.0 Å². The van der Waals surface area contributed by atoms with Crippen LogP contribution in [-0.4, -0.2) is 25.2 Å². The SMILES string of the molecule is CCC(c1ccc(OC)c(CO)c1)S(=O)(=O)O. The lowest BCUT2D eigenvalue weighted by atomic mass is 10.1. The van der Waals surface area contributed by atoms with Gasteiger partial charge in [0.15, 0.2) is 0 Å². The van der Waals surface area contributed by atoms with Crippen LogP contribution < -0.4 is 4.74 Å². The first-order chi connectivity index (χ1) is 7.93. The summed E-state index contributed by atoms with van der Waals surface area (Å²) >= 11 is 0. The second kappa shape index (κ2) is 5.48. The van der Waals surface area contributed by atoms with Gasteiger partial charge in [-0.25, -0.2) is 0 Å². The van der Waals surface area contributed by atoms with Crippen molar-refractivity contribution in [1.82, 2.24) is 0 Å².